The molecular formula is C64H86N2O2P2. The molecule has 5 aromatic rings. The lowest BCUT2D eigenvalue weighted by molar-refractivity contribution is 0.0649. The minimum absolute atomic E-state index is 0.118. The van der Waals surface area contributed by atoms with Gasteiger partial charge in [0.15, 0.2) is 0 Å². The number of nitrogens with two attached hydrogens (primary N) is 1. The number of hydrogen-bond acceptors (Lipinski definition) is 3. The predicted octanol–water partition coefficient (Wildman–Crippen LogP) is 15.1. The lowest BCUT2D eigenvalue weighted by Gasteiger charge is -2.32. The second-order valence-electron chi connectivity index (χ2n) is 21.6. The highest BCUT2D eigenvalue weighted by Crippen LogP contribution is 2.53. The van der Waals surface area contributed by atoms with E-state index in [1.54, 1.807) is 33.4 Å². The summed E-state index contributed by atoms with van der Waals surface area (Å²) in [6.07, 6.45) is 24.4. The molecule has 4 nitrogen and oxygen atoms in total. The van der Waals surface area contributed by atoms with Crippen molar-refractivity contribution in [3.05, 3.63) is 157 Å². The topological polar surface area (TPSA) is 63.4 Å². The van der Waals surface area contributed by atoms with Crippen LogP contribution >= 0.6 is 15.8 Å². The Bertz CT molecular complexity index is 2040. The number of amides is 2. The van der Waals surface area contributed by atoms with E-state index in [0.29, 0.717) is 17.7 Å². The first kappa shape index (κ1) is 53.8. The van der Waals surface area contributed by atoms with Crippen LogP contribution < -0.4 is 27.0 Å². The molecule has 5 aromatic carbocycles. The number of carbonyl (C=O) groups is 2. The van der Waals surface area contributed by atoms with Crippen molar-refractivity contribution in [3.8, 4) is 0 Å². The number of fused-ring (bicyclic) bond motifs is 1. The first-order valence-electron chi connectivity index (χ1n) is 27.7. The molecule has 5 aliphatic rings. The second kappa shape index (κ2) is 28.3. The molecule has 6 heteroatoms. The van der Waals surface area contributed by atoms with Crippen LogP contribution in [0.4, 0.5) is 0 Å². The Morgan fingerprint density at radius 1 is 0.443 bits per heavy atom. The monoisotopic (exact) mass is 977 g/mol. The van der Waals surface area contributed by atoms with Gasteiger partial charge in [0, 0.05) is 6.54 Å². The third kappa shape index (κ3) is 14.8. The van der Waals surface area contributed by atoms with Crippen molar-refractivity contribution in [1.29, 1.82) is 0 Å². The zero-order valence-electron chi connectivity index (χ0n) is 43.4. The van der Waals surface area contributed by atoms with Gasteiger partial charge in [0.1, 0.15) is 0 Å². The smallest absolute Gasteiger partial charge is 0.261 e. The maximum Gasteiger partial charge on any atom is 0.261 e. The summed E-state index contributed by atoms with van der Waals surface area (Å²) in [4.78, 5) is 25.7. The lowest BCUT2D eigenvalue weighted by atomic mass is 9.94. The van der Waals surface area contributed by atoms with E-state index in [1.165, 1.54) is 108 Å². The maximum atomic E-state index is 12.1. The number of rotatable bonds is 15. The van der Waals surface area contributed by atoms with Crippen LogP contribution in [0.5, 0.6) is 0 Å². The van der Waals surface area contributed by atoms with Gasteiger partial charge >= 0.3 is 0 Å². The minimum Gasteiger partial charge on any atom is -0.330 e. The first-order chi connectivity index (χ1) is 34.2. The standard InChI is InChI=1S/2C20H25P.C16H19NO2.C8H17N/c2*1-16(2)19-14-9-15-20(19)21(17-10-5-3-6-11-17)18-12-7-4-8-13-18;18-15-13-9-3-4-10-14(13)16(19)17(15)11-5-8-12-6-1-2-7-12;9-7-3-6-8-4-1-2-5-8/h2*3-8,10-13,16,19-20H,9,14-15H2,1-2H3;3-4,9-10,12H,1-2,5-8,11H2;8H,1-7,9H2. The zero-order chi connectivity index (χ0) is 49.1. The van der Waals surface area contributed by atoms with Gasteiger partial charge in [-0.2, -0.15) is 0 Å². The summed E-state index contributed by atoms with van der Waals surface area (Å²) in [5.41, 5.74) is 8.24. The first-order valence-corrected chi connectivity index (χ1v) is 30.5. The van der Waals surface area contributed by atoms with E-state index >= 15 is 0 Å². The van der Waals surface area contributed by atoms with Crippen molar-refractivity contribution >= 4 is 48.9 Å². The molecule has 4 unspecified atom stereocenters. The summed E-state index contributed by atoms with van der Waals surface area (Å²) < 4.78 is 0. The highest BCUT2D eigenvalue weighted by molar-refractivity contribution is 7.74. The molecule has 1 aliphatic heterocycles. The summed E-state index contributed by atoms with van der Waals surface area (Å²) in [7, 11) is -0.448. The molecule has 2 N–H and O–H groups in total. The van der Waals surface area contributed by atoms with Crippen molar-refractivity contribution in [2.75, 3.05) is 13.1 Å². The molecule has 4 atom stereocenters. The van der Waals surface area contributed by atoms with E-state index in [4.69, 9.17) is 5.73 Å². The molecule has 1 heterocycles. The van der Waals surface area contributed by atoms with Crippen LogP contribution in [-0.4, -0.2) is 41.1 Å². The number of imide groups is 1. The molecule has 0 bridgehead atoms. The Balaban J connectivity index is 0.000000142. The highest BCUT2D eigenvalue weighted by atomic mass is 31.1. The Kier molecular flexibility index (Phi) is 21.8. The molecule has 4 saturated carbocycles. The van der Waals surface area contributed by atoms with Crippen molar-refractivity contribution in [3.63, 3.8) is 0 Å². The van der Waals surface area contributed by atoms with Gasteiger partial charge in [0.25, 0.3) is 11.8 Å². The van der Waals surface area contributed by atoms with Crippen molar-refractivity contribution in [1.82, 2.24) is 4.90 Å². The Morgan fingerprint density at radius 2 is 0.771 bits per heavy atom. The average molecular weight is 977 g/mol. The fourth-order valence-corrected chi connectivity index (χ4v) is 19.3. The largest absolute Gasteiger partial charge is 0.330 e. The van der Waals surface area contributed by atoms with Gasteiger partial charge in [-0.3, -0.25) is 14.5 Å². The maximum absolute atomic E-state index is 12.1. The number of benzene rings is 5. The summed E-state index contributed by atoms with van der Waals surface area (Å²) >= 11 is 0. The van der Waals surface area contributed by atoms with E-state index < -0.39 is 0 Å². The van der Waals surface area contributed by atoms with E-state index in [1.807, 2.05) is 12.1 Å². The Morgan fingerprint density at radius 3 is 1.10 bits per heavy atom. The van der Waals surface area contributed by atoms with Crippen LogP contribution in [-0.2, 0) is 0 Å². The molecule has 2 amide bonds. The third-order valence-corrected chi connectivity index (χ3v) is 22.2. The summed E-state index contributed by atoms with van der Waals surface area (Å²) in [6.45, 7) is 11.1. The number of nitrogens with zero attached hydrogens (tertiary/aromatic N) is 1. The van der Waals surface area contributed by atoms with Gasteiger partial charge in [0.05, 0.1) is 11.1 Å². The molecule has 0 aromatic heterocycles. The van der Waals surface area contributed by atoms with Gasteiger partial charge in [0.2, 0.25) is 0 Å². The van der Waals surface area contributed by atoms with Crippen LogP contribution in [0.25, 0.3) is 0 Å². The quantitative estimate of drug-likeness (QED) is 0.0840. The van der Waals surface area contributed by atoms with E-state index in [-0.39, 0.29) is 27.7 Å². The highest BCUT2D eigenvalue weighted by Gasteiger charge is 2.38. The van der Waals surface area contributed by atoms with Gasteiger partial charge in [-0.05, 0) is 154 Å². The average Bonchev–Trinajstić information content (AvgIpc) is 4.28. The molecule has 374 valence electrons. The van der Waals surface area contributed by atoms with Crippen molar-refractivity contribution in [2.45, 2.75) is 155 Å². The zero-order valence-corrected chi connectivity index (χ0v) is 45.1. The van der Waals surface area contributed by atoms with Crippen LogP contribution in [0.15, 0.2) is 146 Å². The number of carbonyl (C=O) groups excluding carboxylic acids is 2. The summed E-state index contributed by atoms with van der Waals surface area (Å²) in [5.74, 6) is 4.99. The fraction of sp³-hybridized carbons (Fsp3) is 0.500. The van der Waals surface area contributed by atoms with Gasteiger partial charge in [-0.25, -0.2) is 0 Å². The van der Waals surface area contributed by atoms with Crippen LogP contribution in [0.3, 0.4) is 0 Å². The van der Waals surface area contributed by atoms with Crippen molar-refractivity contribution in [2.24, 2.45) is 41.2 Å². The minimum atomic E-state index is -0.224. The normalized spacial score (nSPS) is 21.2. The van der Waals surface area contributed by atoms with Crippen LogP contribution in [0, 0.1) is 35.5 Å². The fourth-order valence-electron chi connectivity index (χ4n) is 12.5. The molecule has 70 heavy (non-hydrogen) atoms. The SMILES string of the molecule is CC(C)C1CCCC1P(c1ccccc1)c1ccccc1.CC(C)C1CCCC1P(c1ccccc1)c1ccccc1.NCCCC1CCCC1.O=C1c2ccccc2C(=O)N1CCCC1CCCC1. The molecular weight excluding hydrogens is 891 g/mol. The summed E-state index contributed by atoms with van der Waals surface area (Å²) in [5, 5.41) is 6.21. The van der Waals surface area contributed by atoms with Gasteiger partial charge in [-0.15, -0.1) is 0 Å². The molecule has 10 rings (SSSR count). The molecule has 0 radical (unpaired) electrons. The van der Waals surface area contributed by atoms with Crippen LogP contribution in [0.1, 0.15) is 164 Å². The molecule has 4 aliphatic carbocycles. The molecule has 4 fully saturated rings. The van der Waals surface area contributed by atoms with Gasteiger partial charge in [-0.1, -0.05) is 225 Å². The molecule has 0 spiro atoms. The molecule has 0 saturated heterocycles. The van der Waals surface area contributed by atoms with E-state index in [2.05, 4.69) is 149 Å². The Hall–Kier alpha value is -3.94. The predicted molar refractivity (Wildman–Crippen MR) is 303 cm³/mol. The van der Waals surface area contributed by atoms with Crippen LogP contribution in [0.2, 0.25) is 0 Å². The lowest BCUT2D eigenvalue weighted by Crippen LogP contribution is -2.30. The van der Waals surface area contributed by atoms with Gasteiger partial charge < -0.3 is 5.73 Å². The second-order valence-corrected chi connectivity index (χ2v) is 26.4. The van der Waals surface area contributed by atoms with Crippen molar-refractivity contribution < 1.29 is 9.59 Å². The Labute approximate surface area is 426 Å². The van der Waals surface area contributed by atoms with E-state index in [0.717, 1.165) is 66.2 Å². The number of hydrogen-bond donors (Lipinski definition) is 1. The van der Waals surface area contributed by atoms with E-state index in [9.17, 15) is 9.59 Å². The summed E-state index contributed by atoms with van der Waals surface area (Å²) in [6, 6.07) is 52.0. The third-order valence-electron chi connectivity index (χ3n) is 16.2.